The summed E-state index contributed by atoms with van der Waals surface area (Å²) >= 11 is 0. The van der Waals surface area contributed by atoms with Crippen LogP contribution in [0.25, 0.3) is 0 Å². The Morgan fingerprint density at radius 2 is 1.55 bits per heavy atom. The molecule has 0 bridgehead atoms. The molecule has 0 aliphatic heterocycles. The maximum atomic E-state index is 14.4. The maximum Gasteiger partial charge on any atom is 0.410 e. The molecule has 49 heavy (non-hydrogen) atoms. The molecule has 3 aromatic carbocycles. The molecule has 0 unspecified atom stereocenters. The molecule has 3 aromatic rings. The van der Waals surface area contributed by atoms with Crippen LogP contribution in [-0.2, 0) is 19.6 Å². The lowest BCUT2D eigenvalue weighted by Gasteiger charge is -2.40. The number of halogens is 1. The number of sulfonamides is 1. The van der Waals surface area contributed by atoms with Gasteiger partial charge in [0.05, 0.1) is 24.3 Å². The molecule has 0 spiro atoms. The van der Waals surface area contributed by atoms with E-state index in [1.54, 1.807) is 0 Å². The summed E-state index contributed by atoms with van der Waals surface area (Å²) in [4.78, 5) is 28.4. The number of primary amides is 1. The number of carbonyl (C=O) groups is 2. The molecule has 1 fully saturated rings. The van der Waals surface area contributed by atoms with Crippen molar-refractivity contribution in [2.24, 2.45) is 17.6 Å². The van der Waals surface area contributed by atoms with Crippen molar-refractivity contribution in [3.8, 4) is 0 Å². The van der Waals surface area contributed by atoms with E-state index in [0.29, 0.717) is 19.3 Å². The molecule has 1 aliphatic rings. The van der Waals surface area contributed by atoms with E-state index in [9.17, 15) is 27.5 Å². The molecule has 0 radical (unpaired) electrons. The molecule has 0 aromatic heterocycles. The first-order valence-corrected chi connectivity index (χ1v) is 18.3. The highest BCUT2D eigenvalue weighted by Gasteiger charge is 2.46. The number of ether oxygens (including phenoxy) is 1. The lowest BCUT2D eigenvalue weighted by atomic mass is 9.82. The minimum absolute atomic E-state index is 0.0826. The van der Waals surface area contributed by atoms with E-state index in [4.69, 9.17) is 16.2 Å². The van der Waals surface area contributed by atoms with Crippen LogP contribution in [0, 0.1) is 17.7 Å². The van der Waals surface area contributed by atoms with Crippen molar-refractivity contribution >= 4 is 27.7 Å². The molecule has 5 N–H and O–H groups in total. The molecule has 10 nitrogen and oxygen atoms in total. The summed E-state index contributed by atoms with van der Waals surface area (Å²) in [5.74, 6) is -1.85. The average molecular weight is 697 g/mol. The minimum atomic E-state index is -4.20. The number of aliphatic hydroxyl groups excluding tert-OH is 1. The topological polar surface area (TPSA) is 156 Å². The van der Waals surface area contributed by atoms with Gasteiger partial charge in [0.1, 0.15) is 11.9 Å². The van der Waals surface area contributed by atoms with Crippen LogP contribution in [0.3, 0.4) is 0 Å². The van der Waals surface area contributed by atoms with Crippen LogP contribution in [0.2, 0.25) is 0 Å². The number of methoxy groups -OCH3 is 1. The van der Waals surface area contributed by atoms with Gasteiger partial charge in [-0.3, -0.25) is 9.69 Å². The average Bonchev–Trinajstić information content (AvgIpc) is 3.93. The smallest absolute Gasteiger partial charge is 0.410 e. The van der Waals surface area contributed by atoms with Gasteiger partial charge < -0.3 is 21.3 Å². The molecule has 266 valence electrons. The molecule has 2 amide bonds. The SMILES string of the molecule is COC(=O)N([C@H](CCC[C@@H](CO)N(CCC(C)C)S(=O)(=O)c1ccc(N)c(F)c1)C1CC1)[C@H](C(N)=O)C(c1ccccc1)c1ccccc1. The van der Waals surface area contributed by atoms with Gasteiger partial charge in [0, 0.05) is 24.5 Å². The number of carbonyl (C=O) groups excluding carboxylic acids is 2. The number of amides is 2. The molecular formula is C37H49FN4O6S. The molecule has 12 heteroatoms. The third-order valence-electron chi connectivity index (χ3n) is 9.29. The van der Waals surface area contributed by atoms with Crippen molar-refractivity contribution in [2.45, 2.75) is 81.3 Å². The van der Waals surface area contributed by atoms with Crippen molar-refractivity contribution in [3.63, 3.8) is 0 Å². The van der Waals surface area contributed by atoms with Gasteiger partial charge in [0.2, 0.25) is 15.9 Å². The monoisotopic (exact) mass is 696 g/mol. The Labute approximate surface area is 289 Å². The van der Waals surface area contributed by atoms with Gasteiger partial charge in [-0.1, -0.05) is 74.5 Å². The van der Waals surface area contributed by atoms with E-state index < -0.39 is 58.5 Å². The van der Waals surface area contributed by atoms with Crippen molar-refractivity contribution in [1.29, 1.82) is 0 Å². The first-order valence-electron chi connectivity index (χ1n) is 16.8. The summed E-state index contributed by atoms with van der Waals surface area (Å²) in [5.41, 5.74) is 13.2. The first-order chi connectivity index (χ1) is 23.4. The second-order valence-electron chi connectivity index (χ2n) is 13.2. The molecule has 0 heterocycles. The Morgan fingerprint density at radius 3 is 2.02 bits per heavy atom. The summed E-state index contributed by atoms with van der Waals surface area (Å²) in [5, 5.41) is 10.5. The van der Waals surface area contributed by atoms with Crippen LogP contribution in [-0.4, -0.2) is 73.1 Å². The van der Waals surface area contributed by atoms with Gasteiger partial charge >= 0.3 is 6.09 Å². The van der Waals surface area contributed by atoms with Gasteiger partial charge in [0.25, 0.3) is 0 Å². The van der Waals surface area contributed by atoms with E-state index in [1.165, 1.54) is 28.4 Å². The van der Waals surface area contributed by atoms with Crippen LogP contribution >= 0.6 is 0 Å². The van der Waals surface area contributed by atoms with E-state index in [-0.39, 0.29) is 35.4 Å². The van der Waals surface area contributed by atoms with E-state index >= 15 is 0 Å². The van der Waals surface area contributed by atoms with Crippen LogP contribution < -0.4 is 11.5 Å². The summed E-state index contributed by atoms with van der Waals surface area (Å²) in [6, 6.07) is 19.9. The maximum absolute atomic E-state index is 14.4. The van der Waals surface area contributed by atoms with Gasteiger partial charge in [-0.2, -0.15) is 4.31 Å². The fourth-order valence-corrected chi connectivity index (χ4v) is 8.23. The van der Waals surface area contributed by atoms with E-state index in [1.807, 2.05) is 74.5 Å². The van der Waals surface area contributed by atoms with Crippen molar-refractivity contribution < 1.29 is 32.2 Å². The summed E-state index contributed by atoms with van der Waals surface area (Å²) in [6.45, 7) is 3.60. The van der Waals surface area contributed by atoms with Crippen LogP contribution in [0.15, 0.2) is 83.8 Å². The second kappa shape index (κ2) is 17.1. The van der Waals surface area contributed by atoms with Crippen LogP contribution in [0.1, 0.15) is 69.4 Å². The number of nitrogens with zero attached hydrogens (tertiary/aromatic N) is 2. The molecule has 0 saturated heterocycles. The lowest BCUT2D eigenvalue weighted by Crippen LogP contribution is -2.56. The van der Waals surface area contributed by atoms with Crippen LogP contribution in [0.5, 0.6) is 0 Å². The molecule has 4 rings (SSSR count). The quantitative estimate of drug-likeness (QED) is 0.148. The predicted octanol–water partition coefficient (Wildman–Crippen LogP) is 5.51. The minimum Gasteiger partial charge on any atom is -0.453 e. The number of hydrogen-bond donors (Lipinski definition) is 3. The number of nitrogens with two attached hydrogens (primary N) is 2. The van der Waals surface area contributed by atoms with Gasteiger partial charge in [-0.15, -0.1) is 0 Å². The largest absolute Gasteiger partial charge is 0.453 e. The number of aliphatic hydroxyl groups is 1. The Hall–Kier alpha value is -4.00. The van der Waals surface area contributed by atoms with Crippen molar-refractivity contribution in [2.75, 3.05) is 26.0 Å². The summed E-state index contributed by atoms with van der Waals surface area (Å²) in [6.07, 6.45) is 2.60. The fourth-order valence-electron chi connectivity index (χ4n) is 6.56. The molecular weight excluding hydrogens is 647 g/mol. The van der Waals surface area contributed by atoms with E-state index in [0.717, 1.165) is 30.0 Å². The number of benzene rings is 3. The first kappa shape index (κ1) is 37.8. The van der Waals surface area contributed by atoms with Gasteiger partial charge in [0.15, 0.2) is 0 Å². The highest BCUT2D eigenvalue weighted by atomic mass is 32.2. The Kier molecular flexibility index (Phi) is 13.2. The zero-order valence-corrected chi connectivity index (χ0v) is 29.3. The number of nitrogen functional groups attached to an aromatic ring is 1. The van der Waals surface area contributed by atoms with Crippen molar-refractivity contribution in [3.05, 3.63) is 95.8 Å². The number of rotatable bonds is 18. The number of hydrogen-bond acceptors (Lipinski definition) is 7. The Bertz CT molecular complexity index is 1600. The van der Waals surface area contributed by atoms with E-state index in [2.05, 4.69) is 0 Å². The predicted molar refractivity (Wildman–Crippen MR) is 187 cm³/mol. The fraction of sp³-hybridized carbons (Fsp3) is 0.459. The standard InChI is InChI=1S/C37H49FN4O6S/c1-25(2)21-22-41(49(46,47)30-19-20-32(39)31(38)23-30)29(24-43)15-10-16-33(26-17-18-26)42(37(45)48-3)35(36(40)44)34(27-11-6-4-7-12-27)28-13-8-5-9-14-28/h4-9,11-14,19-20,23,25-26,29,33-35,43H,10,15-18,21-22,24,39H2,1-3H3,(H2,40,44)/t29-,33+,35-/m0/s1. The van der Waals surface area contributed by atoms with Gasteiger partial charge in [-0.25, -0.2) is 17.6 Å². The normalized spacial score (nSPS) is 15.3. The zero-order chi connectivity index (χ0) is 35.7. The Balaban J connectivity index is 1.66. The third kappa shape index (κ3) is 9.37. The third-order valence-corrected chi connectivity index (χ3v) is 11.2. The summed E-state index contributed by atoms with van der Waals surface area (Å²) in [7, 11) is -2.93. The van der Waals surface area contributed by atoms with Crippen LogP contribution in [0.4, 0.5) is 14.9 Å². The Morgan fingerprint density at radius 1 is 0.959 bits per heavy atom. The molecule has 1 saturated carbocycles. The number of anilines is 1. The summed E-state index contributed by atoms with van der Waals surface area (Å²) < 4.78 is 48.6. The molecule has 3 atom stereocenters. The highest BCUT2D eigenvalue weighted by Crippen LogP contribution is 2.42. The zero-order valence-electron chi connectivity index (χ0n) is 28.5. The van der Waals surface area contributed by atoms with Crippen molar-refractivity contribution in [1.82, 2.24) is 9.21 Å². The second-order valence-corrected chi connectivity index (χ2v) is 15.1. The molecule has 1 aliphatic carbocycles. The lowest BCUT2D eigenvalue weighted by molar-refractivity contribution is -0.124. The highest BCUT2D eigenvalue weighted by molar-refractivity contribution is 7.89. The van der Waals surface area contributed by atoms with Gasteiger partial charge in [-0.05, 0) is 79.7 Å².